The van der Waals surface area contributed by atoms with Gasteiger partial charge in [-0.05, 0) is 43.7 Å². The number of halogens is 1. The quantitative estimate of drug-likeness (QED) is 0.679. The fourth-order valence-electron chi connectivity index (χ4n) is 3.31. The van der Waals surface area contributed by atoms with Crippen LogP contribution in [0.25, 0.3) is 5.70 Å². The summed E-state index contributed by atoms with van der Waals surface area (Å²) in [4.78, 5) is 0.149. The lowest BCUT2D eigenvalue weighted by atomic mass is 10.0. The zero-order chi connectivity index (χ0) is 20.6. The van der Waals surface area contributed by atoms with Crippen molar-refractivity contribution in [2.24, 2.45) is 0 Å². The summed E-state index contributed by atoms with van der Waals surface area (Å²) in [6.07, 6.45) is 1.74. The van der Waals surface area contributed by atoms with Crippen molar-refractivity contribution >= 4 is 15.7 Å². The molecule has 0 aliphatic carbocycles. The Labute approximate surface area is 170 Å². The number of nitrogens with one attached hydrogen (secondary N) is 1. The maximum absolute atomic E-state index is 14.6. The summed E-state index contributed by atoms with van der Waals surface area (Å²) in [5, 5.41) is 0. The molecule has 4 nitrogen and oxygen atoms in total. The lowest BCUT2D eigenvalue weighted by Gasteiger charge is -2.25. The molecule has 6 heteroatoms. The second-order valence-corrected chi connectivity index (χ2v) is 8.95. The first kappa shape index (κ1) is 19.4. The van der Waals surface area contributed by atoms with Crippen molar-refractivity contribution in [3.63, 3.8) is 0 Å². The Bertz CT molecular complexity index is 1170. The SMILES string of the molecule is Cc1ccc(C2=C[C@@H](c3ccccc3F)N(S(=O)(=O)c3ccc(C)cc3)N2)cc1. The number of hydrogen-bond donors (Lipinski definition) is 1. The smallest absolute Gasteiger partial charge is 0.260 e. The first-order valence-electron chi connectivity index (χ1n) is 9.27. The molecule has 1 heterocycles. The molecule has 3 aromatic carbocycles. The summed E-state index contributed by atoms with van der Waals surface area (Å²) in [6, 6.07) is 19.8. The highest BCUT2D eigenvalue weighted by Gasteiger charge is 2.38. The highest BCUT2D eigenvalue weighted by Crippen LogP contribution is 2.36. The van der Waals surface area contributed by atoms with Crippen molar-refractivity contribution in [2.75, 3.05) is 0 Å². The van der Waals surface area contributed by atoms with Crippen LogP contribution in [-0.4, -0.2) is 12.8 Å². The van der Waals surface area contributed by atoms with Gasteiger partial charge in [-0.2, -0.15) is 0 Å². The molecule has 4 rings (SSSR count). The van der Waals surface area contributed by atoms with Crippen molar-refractivity contribution < 1.29 is 12.8 Å². The fraction of sp³-hybridized carbons (Fsp3) is 0.130. The molecule has 1 N–H and O–H groups in total. The van der Waals surface area contributed by atoms with Crippen LogP contribution in [0.3, 0.4) is 0 Å². The minimum absolute atomic E-state index is 0.149. The molecule has 0 fully saturated rings. The van der Waals surface area contributed by atoms with E-state index in [0.717, 1.165) is 21.1 Å². The molecule has 148 valence electrons. The molecule has 1 aliphatic heterocycles. The van der Waals surface area contributed by atoms with Crippen LogP contribution in [0.1, 0.15) is 28.3 Å². The fourth-order valence-corrected chi connectivity index (χ4v) is 4.71. The van der Waals surface area contributed by atoms with Crippen LogP contribution in [0.5, 0.6) is 0 Å². The largest absolute Gasteiger partial charge is 0.304 e. The predicted octanol–water partition coefficient (Wildman–Crippen LogP) is 4.73. The van der Waals surface area contributed by atoms with Crippen molar-refractivity contribution in [1.29, 1.82) is 0 Å². The van der Waals surface area contributed by atoms with Gasteiger partial charge in [0.1, 0.15) is 5.82 Å². The van der Waals surface area contributed by atoms with Crippen molar-refractivity contribution in [3.8, 4) is 0 Å². The molecule has 1 aliphatic rings. The summed E-state index contributed by atoms with van der Waals surface area (Å²) >= 11 is 0. The van der Waals surface area contributed by atoms with E-state index in [1.165, 1.54) is 6.07 Å². The normalized spacial score (nSPS) is 17.1. The predicted molar refractivity (Wildman–Crippen MR) is 112 cm³/mol. The molecule has 0 spiro atoms. The molecule has 0 radical (unpaired) electrons. The number of hydrazine groups is 1. The van der Waals surface area contributed by atoms with Gasteiger partial charge < -0.3 is 5.43 Å². The molecule has 0 amide bonds. The number of nitrogens with zero attached hydrogens (tertiary/aromatic N) is 1. The van der Waals surface area contributed by atoms with E-state index >= 15 is 0 Å². The number of hydrogen-bond acceptors (Lipinski definition) is 3. The van der Waals surface area contributed by atoms with Gasteiger partial charge in [0.15, 0.2) is 0 Å². The minimum Gasteiger partial charge on any atom is -0.304 e. The van der Waals surface area contributed by atoms with Crippen LogP contribution in [0.4, 0.5) is 4.39 Å². The van der Waals surface area contributed by atoms with Crippen LogP contribution in [-0.2, 0) is 10.0 Å². The van der Waals surface area contributed by atoms with Gasteiger partial charge in [-0.1, -0.05) is 65.7 Å². The summed E-state index contributed by atoms with van der Waals surface area (Å²) in [5.41, 5.74) is 6.80. The van der Waals surface area contributed by atoms with Crippen LogP contribution < -0.4 is 5.43 Å². The third-order valence-electron chi connectivity index (χ3n) is 4.97. The zero-order valence-electron chi connectivity index (χ0n) is 16.1. The summed E-state index contributed by atoms with van der Waals surface area (Å²) < 4.78 is 42.5. The Morgan fingerprint density at radius 2 is 1.45 bits per heavy atom. The second-order valence-electron chi connectivity index (χ2n) is 7.14. The Hall–Kier alpha value is -2.96. The van der Waals surface area contributed by atoms with Gasteiger partial charge in [0.05, 0.1) is 16.6 Å². The second kappa shape index (κ2) is 7.46. The van der Waals surface area contributed by atoms with Gasteiger partial charge in [-0.15, -0.1) is 4.41 Å². The van der Waals surface area contributed by atoms with Crippen LogP contribution in [0, 0.1) is 19.7 Å². The van der Waals surface area contributed by atoms with Gasteiger partial charge in [-0.25, -0.2) is 12.8 Å². The third kappa shape index (κ3) is 3.69. The van der Waals surface area contributed by atoms with Gasteiger partial charge >= 0.3 is 0 Å². The highest BCUT2D eigenvalue weighted by molar-refractivity contribution is 7.89. The average Bonchev–Trinajstić information content (AvgIpc) is 3.15. The van der Waals surface area contributed by atoms with Gasteiger partial charge in [0.2, 0.25) is 0 Å². The Kier molecular flexibility index (Phi) is 4.98. The third-order valence-corrected chi connectivity index (χ3v) is 6.68. The molecule has 0 bridgehead atoms. The molecule has 29 heavy (non-hydrogen) atoms. The number of rotatable bonds is 4. The first-order valence-corrected chi connectivity index (χ1v) is 10.7. The summed E-state index contributed by atoms with van der Waals surface area (Å²) in [7, 11) is -3.92. The first-order chi connectivity index (χ1) is 13.9. The van der Waals surface area contributed by atoms with Crippen molar-refractivity contribution in [1.82, 2.24) is 9.84 Å². The van der Waals surface area contributed by atoms with E-state index in [2.05, 4.69) is 5.43 Å². The summed E-state index contributed by atoms with van der Waals surface area (Å²) in [5.74, 6) is -0.454. The maximum atomic E-state index is 14.6. The lowest BCUT2D eigenvalue weighted by Crippen LogP contribution is -2.39. The molecule has 0 unspecified atom stereocenters. The van der Waals surface area contributed by atoms with Crippen LogP contribution in [0.2, 0.25) is 0 Å². The van der Waals surface area contributed by atoms with E-state index in [0.29, 0.717) is 5.70 Å². The molecule has 0 aromatic heterocycles. The van der Waals surface area contributed by atoms with Gasteiger partial charge in [0, 0.05) is 5.56 Å². The van der Waals surface area contributed by atoms with Crippen molar-refractivity contribution in [2.45, 2.75) is 24.8 Å². The molecule has 3 aromatic rings. The monoisotopic (exact) mass is 408 g/mol. The van der Waals surface area contributed by atoms with Gasteiger partial charge in [-0.3, -0.25) is 0 Å². The number of aryl methyl sites for hydroxylation is 2. The van der Waals surface area contributed by atoms with E-state index in [9.17, 15) is 12.8 Å². The van der Waals surface area contributed by atoms with Crippen molar-refractivity contribution in [3.05, 3.63) is 107 Å². The number of benzene rings is 3. The molecular formula is C23H21FN2O2S. The van der Waals surface area contributed by atoms with E-state index < -0.39 is 21.9 Å². The molecule has 0 saturated carbocycles. The Morgan fingerprint density at radius 3 is 2.07 bits per heavy atom. The Balaban J connectivity index is 1.80. The zero-order valence-corrected chi connectivity index (χ0v) is 16.9. The molecular weight excluding hydrogens is 387 g/mol. The summed E-state index contributed by atoms with van der Waals surface area (Å²) in [6.45, 7) is 3.88. The molecule has 0 saturated heterocycles. The maximum Gasteiger partial charge on any atom is 0.260 e. The van der Waals surface area contributed by atoms with E-state index in [1.54, 1.807) is 48.5 Å². The topological polar surface area (TPSA) is 49.4 Å². The number of sulfonamides is 1. The minimum atomic E-state index is -3.92. The van der Waals surface area contributed by atoms with Crippen LogP contribution in [0.15, 0.2) is 83.8 Å². The highest BCUT2D eigenvalue weighted by atomic mass is 32.2. The lowest BCUT2D eigenvalue weighted by molar-refractivity contribution is 0.341. The Morgan fingerprint density at radius 1 is 0.862 bits per heavy atom. The standard InChI is InChI=1S/C23H21FN2O2S/c1-16-7-11-18(12-8-16)22-15-23(20-5-3-4-6-21(20)24)26(25-22)29(27,28)19-13-9-17(2)10-14-19/h3-15,23,25H,1-2H3/t23-/m0/s1. The van der Waals surface area contributed by atoms with E-state index in [-0.39, 0.29) is 10.5 Å². The van der Waals surface area contributed by atoms with E-state index in [1.807, 2.05) is 38.1 Å². The average molecular weight is 408 g/mol. The van der Waals surface area contributed by atoms with E-state index in [4.69, 9.17) is 0 Å². The van der Waals surface area contributed by atoms with Crippen LogP contribution >= 0.6 is 0 Å². The van der Waals surface area contributed by atoms with Gasteiger partial charge in [0.25, 0.3) is 10.0 Å². The molecule has 1 atom stereocenters.